The lowest BCUT2D eigenvalue weighted by Gasteiger charge is -2.38. The first kappa shape index (κ1) is 26.9. The van der Waals surface area contributed by atoms with E-state index in [0.717, 1.165) is 18.8 Å². The molecule has 2 aliphatic rings. The number of nitrogens with one attached hydrogen (secondary N) is 2. The summed E-state index contributed by atoms with van der Waals surface area (Å²) in [5.74, 6) is -0.868. The monoisotopic (exact) mass is 560 g/mol. The van der Waals surface area contributed by atoms with Crippen molar-refractivity contribution < 1.29 is 18.7 Å². The second kappa shape index (κ2) is 10.6. The lowest BCUT2D eigenvalue weighted by atomic mass is 10.0. The summed E-state index contributed by atoms with van der Waals surface area (Å²) in [6.45, 7) is 6.10. The Hall–Kier alpha value is -4.32. The van der Waals surface area contributed by atoms with Crippen molar-refractivity contribution in [2.45, 2.75) is 44.8 Å². The fraction of sp³-hybridized carbons (Fsp3) is 0.414. The predicted molar refractivity (Wildman–Crippen MR) is 154 cm³/mol. The number of ether oxygens (including phenoxy) is 1. The normalized spacial score (nSPS) is 21.2. The Morgan fingerprint density at radius 2 is 1.95 bits per heavy atom. The van der Waals surface area contributed by atoms with Gasteiger partial charge in [0.2, 0.25) is 5.91 Å². The van der Waals surface area contributed by atoms with Gasteiger partial charge in [-0.15, -0.1) is 0 Å². The van der Waals surface area contributed by atoms with Gasteiger partial charge in [0.05, 0.1) is 17.1 Å². The Labute approximate surface area is 236 Å². The number of benzene rings is 2. The number of rotatable bonds is 6. The van der Waals surface area contributed by atoms with Crippen LogP contribution in [0, 0.1) is 5.82 Å². The third-order valence-electron chi connectivity index (χ3n) is 7.82. The first-order valence-corrected chi connectivity index (χ1v) is 13.8. The molecule has 0 aliphatic carbocycles. The summed E-state index contributed by atoms with van der Waals surface area (Å²) < 4.78 is 22.2. The lowest BCUT2D eigenvalue weighted by Crippen LogP contribution is -2.54. The molecular formula is C29H33FN8O3. The summed E-state index contributed by atoms with van der Waals surface area (Å²) in [4.78, 5) is 38.6. The number of halogens is 1. The fourth-order valence-corrected chi connectivity index (χ4v) is 5.85. The van der Waals surface area contributed by atoms with E-state index in [0.29, 0.717) is 40.4 Å². The number of likely N-dealkylation sites (tertiary alicyclic amines) is 1. The van der Waals surface area contributed by atoms with E-state index in [1.165, 1.54) is 10.7 Å². The summed E-state index contributed by atoms with van der Waals surface area (Å²) in [6.07, 6.45) is 4.58. The van der Waals surface area contributed by atoms with Gasteiger partial charge in [0.25, 0.3) is 5.91 Å². The summed E-state index contributed by atoms with van der Waals surface area (Å²) >= 11 is 0. The Morgan fingerprint density at radius 3 is 2.68 bits per heavy atom. The van der Waals surface area contributed by atoms with E-state index in [1.807, 2.05) is 6.07 Å². The van der Waals surface area contributed by atoms with Gasteiger partial charge in [-0.25, -0.2) is 9.37 Å². The minimum Gasteiger partial charge on any atom is -0.461 e. The number of hydrogen-bond acceptors (Lipinski definition) is 8. The van der Waals surface area contributed by atoms with Crippen LogP contribution in [-0.4, -0.2) is 81.3 Å². The number of aryl methyl sites for hydroxylation is 1. The molecule has 4 aromatic rings. The zero-order valence-electron chi connectivity index (χ0n) is 23.5. The van der Waals surface area contributed by atoms with E-state index < -0.39 is 11.7 Å². The number of carbonyl (C=O) groups is 2. The Bertz CT molecular complexity index is 1650. The summed E-state index contributed by atoms with van der Waals surface area (Å²) in [5.41, 5.74) is 2.22. The largest absolute Gasteiger partial charge is 0.461 e. The second-order valence-corrected chi connectivity index (χ2v) is 11.1. The SMILES string of the molecule is C[C@@H]1CN(c2ccc(C(=O)Nc3cc(F)c4nn(C)cc4c3)c3nc(OC[C@H]4CCC(=O)N4C)ncc23)C[C@H](C)N1. The van der Waals surface area contributed by atoms with Crippen molar-refractivity contribution in [1.29, 1.82) is 0 Å². The van der Waals surface area contributed by atoms with Gasteiger partial charge in [-0.3, -0.25) is 14.3 Å². The molecule has 2 amide bonds. The van der Waals surface area contributed by atoms with Gasteiger partial charge >= 0.3 is 6.01 Å². The van der Waals surface area contributed by atoms with Crippen molar-refractivity contribution in [3.05, 3.63) is 48.0 Å². The number of amides is 2. The first-order valence-electron chi connectivity index (χ1n) is 13.8. The molecule has 0 spiro atoms. The smallest absolute Gasteiger partial charge is 0.317 e. The minimum atomic E-state index is -0.520. The molecule has 12 heteroatoms. The third kappa shape index (κ3) is 5.26. The van der Waals surface area contributed by atoms with Crippen LogP contribution in [-0.2, 0) is 11.8 Å². The zero-order chi connectivity index (χ0) is 28.8. The molecule has 0 unspecified atom stereocenters. The summed E-state index contributed by atoms with van der Waals surface area (Å²) in [7, 11) is 3.48. The minimum absolute atomic E-state index is 0.0583. The van der Waals surface area contributed by atoms with Gasteiger partial charge in [0.15, 0.2) is 5.82 Å². The van der Waals surface area contributed by atoms with Gasteiger partial charge in [0.1, 0.15) is 12.1 Å². The van der Waals surface area contributed by atoms with Crippen molar-refractivity contribution in [3.63, 3.8) is 0 Å². The molecule has 2 fully saturated rings. The van der Waals surface area contributed by atoms with E-state index in [-0.39, 0.29) is 42.2 Å². The Balaban J connectivity index is 1.35. The van der Waals surface area contributed by atoms with E-state index in [9.17, 15) is 14.0 Å². The van der Waals surface area contributed by atoms with E-state index in [1.54, 1.807) is 43.5 Å². The topological polar surface area (TPSA) is 118 Å². The average Bonchev–Trinajstić information content (AvgIpc) is 3.46. The first-order chi connectivity index (χ1) is 19.7. The Kier molecular flexibility index (Phi) is 6.94. The maximum Gasteiger partial charge on any atom is 0.317 e. The molecule has 2 aromatic heterocycles. The number of hydrogen-bond donors (Lipinski definition) is 2. The summed E-state index contributed by atoms with van der Waals surface area (Å²) in [5, 5.41) is 11.8. The van der Waals surface area contributed by atoms with Crippen LogP contribution < -0.4 is 20.3 Å². The van der Waals surface area contributed by atoms with Crippen molar-refractivity contribution in [1.82, 2.24) is 30.0 Å². The highest BCUT2D eigenvalue weighted by molar-refractivity contribution is 6.14. The molecule has 214 valence electrons. The highest BCUT2D eigenvalue weighted by Crippen LogP contribution is 2.32. The van der Waals surface area contributed by atoms with Crippen molar-refractivity contribution in [3.8, 4) is 6.01 Å². The van der Waals surface area contributed by atoms with Gasteiger partial charge in [-0.1, -0.05) is 0 Å². The van der Waals surface area contributed by atoms with Gasteiger partial charge < -0.3 is 25.2 Å². The molecule has 0 radical (unpaired) electrons. The highest BCUT2D eigenvalue weighted by Gasteiger charge is 2.29. The molecule has 2 aromatic carbocycles. The van der Waals surface area contributed by atoms with Gasteiger partial charge in [0, 0.05) is 80.2 Å². The highest BCUT2D eigenvalue weighted by atomic mass is 19.1. The predicted octanol–water partition coefficient (Wildman–Crippen LogP) is 3.09. The van der Waals surface area contributed by atoms with E-state index >= 15 is 0 Å². The second-order valence-electron chi connectivity index (χ2n) is 11.1. The van der Waals surface area contributed by atoms with E-state index in [4.69, 9.17) is 4.74 Å². The Morgan fingerprint density at radius 1 is 1.17 bits per heavy atom. The molecule has 2 aliphatic heterocycles. The molecule has 4 heterocycles. The van der Waals surface area contributed by atoms with Gasteiger partial charge in [-0.2, -0.15) is 10.1 Å². The average molecular weight is 561 g/mol. The number of likely N-dealkylation sites (N-methyl/N-ethyl adjacent to an activating group) is 1. The molecular weight excluding hydrogens is 527 g/mol. The quantitative estimate of drug-likeness (QED) is 0.370. The van der Waals surface area contributed by atoms with Gasteiger partial charge in [-0.05, 0) is 44.5 Å². The molecule has 0 saturated carbocycles. The third-order valence-corrected chi connectivity index (χ3v) is 7.82. The number of aromatic nitrogens is 4. The van der Waals surface area contributed by atoms with Crippen molar-refractivity contribution in [2.24, 2.45) is 7.05 Å². The van der Waals surface area contributed by atoms with Crippen LogP contribution in [0.4, 0.5) is 15.8 Å². The molecule has 41 heavy (non-hydrogen) atoms. The summed E-state index contributed by atoms with van der Waals surface area (Å²) in [6, 6.07) is 7.23. The maximum absolute atomic E-state index is 14.7. The molecule has 0 bridgehead atoms. The molecule has 2 N–H and O–H groups in total. The molecule has 6 rings (SSSR count). The van der Waals surface area contributed by atoms with Crippen LogP contribution in [0.2, 0.25) is 0 Å². The number of carbonyl (C=O) groups excluding carboxylic acids is 2. The molecule has 11 nitrogen and oxygen atoms in total. The number of anilines is 2. The number of nitrogens with zero attached hydrogens (tertiary/aromatic N) is 6. The standard InChI is InChI=1S/C29H33FN8O3/c1-16-12-38(13-17(2)32-16)24-7-6-21(28(40)33-19-9-18-14-36(3)35-26(18)23(30)10-19)27-22(24)11-31-29(34-27)41-15-20-5-8-25(39)37(20)4/h6-7,9-11,14,16-17,20,32H,5,8,12-13,15H2,1-4H3,(H,33,40)/t16-,17+,20-/m1/s1. The van der Waals surface area contributed by atoms with Crippen molar-refractivity contribution >= 4 is 45.0 Å². The zero-order valence-corrected chi connectivity index (χ0v) is 23.5. The maximum atomic E-state index is 14.7. The van der Waals surface area contributed by atoms with Crippen LogP contribution in [0.3, 0.4) is 0 Å². The van der Waals surface area contributed by atoms with Crippen LogP contribution >= 0.6 is 0 Å². The fourth-order valence-electron chi connectivity index (χ4n) is 5.85. The van der Waals surface area contributed by atoms with Crippen molar-refractivity contribution in [2.75, 3.05) is 37.0 Å². The number of piperazine rings is 1. The van der Waals surface area contributed by atoms with Crippen LogP contribution in [0.5, 0.6) is 6.01 Å². The molecule has 2 saturated heterocycles. The molecule has 3 atom stereocenters. The van der Waals surface area contributed by atoms with Crippen LogP contribution in [0.15, 0.2) is 36.7 Å². The van der Waals surface area contributed by atoms with Crippen LogP contribution in [0.25, 0.3) is 21.8 Å². The number of fused-ring (bicyclic) bond motifs is 2. The van der Waals surface area contributed by atoms with E-state index in [2.05, 4.69) is 44.4 Å². The lowest BCUT2D eigenvalue weighted by molar-refractivity contribution is -0.127. The van der Waals surface area contributed by atoms with Crippen LogP contribution in [0.1, 0.15) is 37.0 Å².